The number of benzene rings is 5. The first-order valence-electron chi connectivity index (χ1n) is 11.8. The standard InChI is InChI=1S/C30H25N3O3S/c1-22-15-17-25(18-16-22)33(37(35,36)26-11-3-2-4-12-26)21-30(34)32-31-20-29-27-13-7-5-9-23(27)19-24-10-6-8-14-28(24)29/h2-20H,21H2,1H3,(H,32,34)/b31-20-. The van der Waals surface area contributed by atoms with E-state index in [1.807, 2.05) is 67.6 Å². The number of carbonyl (C=O) groups is 1. The molecule has 0 aromatic heterocycles. The second kappa shape index (κ2) is 10.2. The van der Waals surface area contributed by atoms with E-state index in [0.717, 1.165) is 37.0 Å². The van der Waals surface area contributed by atoms with Gasteiger partial charge in [0, 0.05) is 5.56 Å². The van der Waals surface area contributed by atoms with Gasteiger partial charge in [-0.15, -0.1) is 0 Å². The van der Waals surface area contributed by atoms with Gasteiger partial charge >= 0.3 is 0 Å². The molecule has 0 saturated carbocycles. The molecule has 0 atom stereocenters. The van der Waals surface area contributed by atoms with E-state index in [1.54, 1.807) is 36.5 Å². The second-order valence-electron chi connectivity index (χ2n) is 8.69. The van der Waals surface area contributed by atoms with Crippen LogP contribution >= 0.6 is 0 Å². The molecule has 0 bridgehead atoms. The molecule has 6 nitrogen and oxygen atoms in total. The lowest BCUT2D eigenvalue weighted by molar-refractivity contribution is -0.119. The van der Waals surface area contributed by atoms with Crippen molar-refractivity contribution in [1.82, 2.24) is 5.43 Å². The van der Waals surface area contributed by atoms with Crippen molar-refractivity contribution in [3.8, 4) is 0 Å². The molecule has 0 fully saturated rings. The summed E-state index contributed by atoms with van der Waals surface area (Å²) in [6, 6.07) is 33.2. The number of aryl methyl sites for hydroxylation is 1. The van der Waals surface area contributed by atoms with E-state index in [0.29, 0.717) is 5.69 Å². The van der Waals surface area contributed by atoms with Gasteiger partial charge < -0.3 is 0 Å². The maximum atomic E-state index is 13.4. The number of nitrogens with one attached hydrogen (secondary N) is 1. The van der Waals surface area contributed by atoms with Gasteiger partial charge in [-0.1, -0.05) is 84.4 Å². The van der Waals surface area contributed by atoms with Crippen molar-refractivity contribution < 1.29 is 13.2 Å². The molecule has 5 aromatic rings. The molecule has 0 heterocycles. The molecule has 5 rings (SSSR count). The summed E-state index contributed by atoms with van der Waals surface area (Å²) in [5.74, 6) is -0.555. The molecule has 184 valence electrons. The molecule has 7 heteroatoms. The number of hydrogen-bond donors (Lipinski definition) is 1. The minimum Gasteiger partial charge on any atom is -0.271 e. The summed E-state index contributed by atoms with van der Waals surface area (Å²) < 4.78 is 28.0. The average molecular weight is 508 g/mol. The monoisotopic (exact) mass is 507 g/mol. The van der Waals surface area contributed by atoms with E-state index >= 15 is 0 Å². The minimum absolute atomic E-state index is 0.106. The van der Waals surface area contributed by atoms with Gasteiger partial charge in [-0.3, -0.25) is 9.10 Å². The molecule has 0 aliphatic rings. The van der Waals surface area contributed by atoms with Crippen LogP contribution in [0.4, 0.5) is 5.69 Å². The maximum absolute atomic E-state index is 13.4. The van der Waals surface area contributed by atoms with Crippen molar-refractivity contribution in [3.63, 3.8) is 0 Å². The van der Waals surface area contributed by atoms with Crippen molar-refractivity contribution >= 4 is 49.4 Å². The number of fused-ring (bicyclic) bond motifs is 2. The Bertz CT molecular complexity index is 1660. The number of amides is 1. The predicted octanol–water partition coefficient (Wildman–Crippen LogP) is 5.65. The van der Waals surface area contributed by atoms with Crippen LogP contribution in [0.1, 0.15) is 11.1 Å². The first-order valence-corrected chi connectivity index (χ1v) is 13.2. The van der Waals surface area contributed by atoms with Crippen LogP contribution < -0.4 is 9.73 Å². The number of carbonyl (C=O) groups excluding carboxylic acids is 1. The molecule has 0 saturated heterocycles. The number of hydrazone groups is 1. The molecular weight excluding hydrogens is 482 g/mol. The van der Waals surface area contributed by atoms with Gasteiger partial charge in [0.25, 0.3) is 15.9 Å². The Hall–Kier alpha value is -4.49. The van der Waals surface area contributed by atoms with Crippen LogP contribution in [0.3, 0.4) is 0 Å². The summed E-state index contributed by atoms with van der Waals surface area (Å²) in [6.45, 7) is 1.49. The number of nitrogens with zero attached hydrogens (tertiary/aromatic N) is 2. The molecule has 5 aromatic carbocycles. The van der Waals surface area contributed by atoms with Crippen LogP contribution in [0.25, 0.3) is 21.5 Å². The number of sulfonamides is 1. The Morgan fingerprint density at radius 3 is 2.00 bits per heavy atom. The van der Waals surface area contributed by atoms with Crippen molar-refractivity contribution in [2.45, 2.75) is 11.8 Å². The van der Waals surface area contributed by atoms with Crippen molar-refractivity contribution in [2.24, 2.45) is 5.10 Å². The molecule has 1 amide bonds. The highest BCUT2D eigenvalue weighted by atomic mass is 32.2. The van der Waals surface area contributed by atoms with Crippen LogP contribution in [0.5, 0.6) is 0 Å². The third-order valence-corrected chi connectivity index (χ3v) is 7.92. The second-order valence-corrected chi connectivity index (χ2v) is 10.5. The lowest BCUT2D eigenvalue weighted by atomic mass is 9.97. The molecule has 0 spiro atoms. The fraction of sp³-hybridized carbons (Fsp3) is 0.0667. The van der Waals surface area contributed by atoms with E-state index in [-0.39, 0.29) is 4.90 Å². The van der Waals surface area contributed by atoms with E-state index in [4.69, 9.17) is 0 Å². The van der Waals surface area contributed by atoms with E-state index in [9.17, 15) is 13.2 Å². The summed E-state index contributed by atoms with van der Waals surface area (Å²) in [6.07, 6.45) is 1.62. The SMILES string of the molecule is Cc1ccc(N(CC(=O)N/N=C\c2c3ccccc3cc3ccccc23)S(=O)(=O)c2ccccc2)cc1. The van der Waals surface area contributed by atoms with Crippen LogP contribution in [-0.4, -0.2) is 27.1 Å². The Balaban J connectivity index is 1.44. The van der Waals surface area contributed by atoms with E-state index in [2.05, 4.69) is 16.6 Å². The lowest BCUT2D eigenvalue weighted by Gasteiger charge is -2.23. The van der Waals surface area contributed by atoms with Crippen LogP contribution in [0.2, 0.25) is 0 Å². The lowest BCUT2D eigenvalue weighted by Crippen LogP contribution is -2.39. The third kappa shape index (κ3) is 5.08. The molecule has 0 aliphatic carbocycles. The molecule has 0 radical (unpaired) electrons. The highest BCUT2D eigenvalue weighted by Crippen LogP contribution is 2.27. The summed E-state index contributed by atoms with van der Waals surface area (Å²) in [5, 5.41) is 8.35. The zero-order chi connectivity index (χ0) is 25.8. The van der Waals surface area contributed by atoms with Crippen molar-refractivity contribution in [1.29, 1.82) is 0 Å². The molecule has 0 aliphatic heterocycles. The number of rotatable bonds is 7. The largest absolute Gasteiger partial charge is 0.271 e. The molecule has 0 unspecified atom stereocenters. The Morgan fingerprint density at radius 1 is 0.811 bits per heavy atom. The summed E-state index contributed by atoms with van der Waals surface area (Å²) in [5.41, 5.74) is 4.78. The normalized spacial score (nSPS) is 11.7. The van der Waals surface area contributed by atoms with Gasteiger partial charge in [0.15, 0.2) is 0 Å². The smallest absolute Gasteiger partial charge is 0.264 e. The number of anilines is 1. The van der Waals surface area contributed by atoms with Crippen molar-refractivity contribution in [2.75, 3.05) is 10.8 Å². The average Bonchev–Trinajstić information content (AvgIpc) is 2.92. The quantitative estimate of drug-likeness (QED) is 0.176. The Labute approximate surface area is 215 Å². The molecular formula is C30H25N3O3S. The fourth-order valence-corrected chi connectivity index (χ4v) is 5.71. The van der Waals surface area contributed by atoms with Gasteiger partial charge in [0.1, 0.15) is 6.54 Å². The van der Waals surface area contributed by atoms with Crippen LogP contribution in [-0.2, 0) is 14.8 Å². The fourth-order valence-electron chi connectivity index (χ4n) is 4.27. The minimum atomic E-state index is -3.98. The van der Waals surface area contributed by atoms with E-state index < -0.39 is 22.5 Å². The molecule has 1 N–H and O–H groups in total. The summed E-state index contributed by atoms with van der Waals surface area (Å²) in [7, 11) is -3.98. The highest BCUT2D eigenvalue weighted by Gasteiger charge is 2.27. The topological polar surface area (TPSA) is 78.8 Å². The summed E-state index contributed by atoms with van der Waals surface area (Å²) in [4.78, 5) is 13.1. The predicted molar refractivity (Wildman–Crippen MR) is 149 cm³/mol. The van der Waals surface area contributed by atoms with Gasteiger partial charge in [0.05, 0.1) is 16.8 Å². The molecule has 37 heavy (non-hydrogen) atoms. The zero-order valence-electron chi connectivity index (χ0n) is 20.2. The third-order valence-electron chi connectivity index (χ3n) is 6.14. The van der Waals surface area contributed by atoms with Crippen LogP contribution in [0, 0.1) is 6.92 Å². The Kier molecular flexibility index (Phi) is 6.70. The Morgan fingerprint density at radius 2 is 1.38 bits per heavy atom. The summed E-state index contributed by atoms with van der Waals surface area (Å²) >= 11 is 0. The van der Waals surface area contributed by atoms with Gasteiger partial charge in [-0.25, -0.2) is 13.8 Å². The zero-order valence-corrected chi connectivity index (χ0v) is 21.0. The van der Waals surface area contributed by atoms with Gasteiger partial charge in [0.2, 0.25) is 0 Å². The number of hydrogen-bond acceptors (Lipinski definition) is 4. The van der Waals surface area contributed by atoms with Crippen molar-refractivity contribution in [3.05, 3.63) is 120 Å². The first kappa shape index (κ1) is 24.2. The van der Waals surface area contributed by atoms with E-state index in [1.165, 1.54) is 12.1 Å². The van der Waals surface area contributed by atoms with Crippen LogP contribution in [0.15, 0.2) is 119 Å². The first-order chi connectivity index (χ1) is 17.9. The van der Waals surface area contributed by atoms with Gasteiger partial charge in [-0.05, 0) is 58.8 Å². The highest BCUT2D eigenvalue weighted by molar-refractivity contribution is 7.92. The van der Waals surface area contributed by atoms with Gasteiger partial charge in [-0.2, -0.15) is 5.10 Å². The maximum Gasteiger partial charge on any atom is 0.264 e.